The minimum absolute atomic E-state index is 0.0170. The molecule has 1 N–H and O–H groups in total. The van der Waals surface area contributed by atoms with Crippen molar-refractivity contribution in [2.45, 2.75) is 58.1 Å². The van der Waals surface area contributed by atoms with E-state index in [9.17, 15) is 14.4 Å². The lowest BCUT2D eigenvalue weighted by molar-refractivity contribution is -0.134. The molecule has 9 heteroatoms. The molecule has 0 spiro atoms. The van der Waals surface area contributed by atoms with E-state index in [0.717, 1.165) is 16.6 Å². The van der Waals surface area contributed by atoms with Gasteiger partial charge in [0.25, 0.3) is 0 Å². The molecular weight excluding hydrogens is 410 g/mol. The molecule has 1 aromatic carbocycles. The van der Waals surface area contributed by atoms with Crippen molar-refractivity contribution in [3.8, 4) is 0 Å². The van der Waals surface area contributed by atoms with Crippen LogP contribution in [0.2, 0.25) is 0 Å². The monoisotopic (exact) mass is 441 g/mol. The van der Waals surface area contributed by atoms with Crippen LogP contribution in [-0.4, -0.2) is 63.9 Å². The number of imide groups is 1. The maximum atomic E-state index is 12.6. The Morgan fingerprint density at radius 2 is 1.97 bits per heavy atom. The molecule has 0 aliphatic carbocycles. The van der Waals surface area contributed by atoms with Crippen LogP contribution in [0.1, 0.15) is 52.1 Å². The maximum absolute atomic E-state index is 12.6. The summed E-state index contributed by atoms with van der Waals surface area (Å²) in [5.74, 6) is -0.954. The number of benzene rings is 1. The van der Waals surface area contributed by atoms with Gasteiger partial charge in [-0.3, -0.25) is 19.6 Å². The average molecular weight is 442 g/mol. The summed E-state index contributed by atoms with van der Waals surface area (Å²) in [7, 11) is 1.88. The number of para-hydroxylation sites is 1. The predicted molar refractivity (Wildman–Crippen MR) is 120 cm³/mol. The fraction of sp³-hybridized carbons (Fsp3) is 0.565. The van der Waals surface area contributed by atoms with Crippen molar-refractivity contribution < 1.29 is 19.1 Å². The summed E-state index contributed by atoms with van der Waals surface area (Å²) in [6, 6.07) is 5.98. The number of hydrogen-bond acceptors (Lipinski definition) is 6. The molecule has 2 aliphatic heterocycles. The molecule has 3 heterocycles. The summed E-state index contributed by atoms with van der Waals surface area (Å²) in [5, 5.41) is 8.03. The number of nitrogens with one attached hydrogen (secondary N) is 1. The van der Waals surface area contributed by atoms with Gasteiger partial charge in [-0.1, -0.05) is 12.1 Å². The fourth-order valence-electron chi connectivity index (χ4n) is 4.58. The first-order chi connectivity index (χ1) is 15.0. The van der Waals surface area contributed by atoms with E-state index in [4.69, 9.17) is 4.74 Å². The summed E-state index contributed by atoms with van der Waals surface area (Å²) < 4.78 is 7.37. The Kier molecular flexibility index (Phi) is 5.60. The van der Waals surface area contributed by atoms with Crippen molar-refractivity contribution in [1.82, 2.24) is 20.0 Å². The first-order valence-corrected chi connectivity index (χ1v) is 11.1. The van der Waals surface area contributed by atoms with Crippen LogP contribution in [0.5, 0.6) is 0 Å². The summed E-state index contributed by atoms with van der Waals surface area (Å²) in [5.41, 5.74) is 2.15. The number of fused-ring (bicyclic) bond motifs is 1. The number of ether oxygens (including phenoxy) is 1. The van der Waals surface area contributed by atoms with Gasteiger partial charge in [0.15, 0.2) is 0 Å². The first-order valence-electron chi connectivity index (χ1n) is 11.1. The molecule has 2 saturated heterocycles. The van der Waals surface area contributed by atoms with E-state index in [1.165, 1.54) is 0 Å². The van der Waals surface area contributed by atoms with E-state index in [2.05, 4.69) is 15.3 Å². The van der Waals surface area contributed by atoms with Crippen molar-refractivity contribution in [3.05, 3.63) is 23.9 Å². The van der Waals surface area contributed by atoms with E-state index >= 15 is 0 Å². The zero-order chi connectivity index (χ0) is 23.2. The zero-order valence-corrected chi connectivity index (χ0v) is 19.3. The number of piperidine rings is 1. The van der Waals surface area contributed by atoms with Crippen LogP contribution in [0, 0.1) is 0 Å². The van der Waals surface area contributed by atoms with E-state index in [0.29, 0.717) is 38.2 Å². The van der Waals surface area contributed by atoms with Crippen LogP contribution >= 0.6 is 0 Å². The third-order valence-electron chi connectivity index (χ3n) is 6.04. The van der Waals surface area contributed by atoms with Gasteiger partial charge in [0.05, 0.1) is 22.8 Å². The largest absolute Gasteiger partial charge is 0.444 e. The number of anilines is 1. The summed E-state index contributed by atoms with van der Waals surface area (Å²) in [4.78, 5) is 40.6. The van der Waals surface area contributed by atoms with Gasteiger partial charge in [-0.25, -0.2) is 4.79 Å². The highest BCUT2D eigenvalue weighted by atomic mass is 16.6. The number of aryl methyl sites for hydroxylation is 1. The number of rotatable bonds is 2. The Balaban J connectivity index is 1.60. The summed E-state index contributed by atoms with van der Waals surface area (Å²) >= 11 is 0. The lowest BCUT2D eigenvalue weighted by atomic mass is 9.92. The fourth-order valence-corrected chi connectivity index (χ4v) is 4.58. The van der Waals surface area contributed by atoms with Crippen LogP contribution in [-0.2, 0) is 21.4 Å². The minimum Gasteiger partial charge on any atom is -0.444 e. The molecule has 32 heavy (non-hydrogen) atoms. The molecule has 2 atom stereocenters. The van der Waals surface area contributed by atoms with E-state index < -0.39 is 11.5 Å². The maximum Gasteiger partial charge on any atom is 0.410 e. The molecule has 172 valence electrons. The van der Waals surface area contributed by atoms with Crippen molar-refractivity contribution in [3.63, 3.8) is 0 Å². The zero-order valence-electron chi connectivity index (χ0n) is 19.3. The predicted octanol–water partition coefficient (Wildman–Crippen LogP) is 2.54. The molecular formula is C23H31N5O4. The van der Waals surface area contributed by atoms with Gasteiger partial charge in [0.2, 0.25) is 11.8 Å². The molecule has 3 amide bonds. The first kappa shape index (κ1) is 22.1. The Labute approximate surface area is 187 Å². The summed E-state index contributed by atoms with van der Waals surface area (Å²) in [6.07, 6.45) is 0.494. The Bertz CT molecular complexity index is 1070. The number of hydrogen-bond donors (Lipinski definition) is 1. The quantitative estimate of drug-likeness (QED) is 0.720. The Morgan fingerprint density at radius 1 is 1.22 bits per heavy atom. The van der Waals surface area contributed by atoms with Crippen molar-refractivity contribution in [2.24, 2.45) is 7.05 Å². The molecule has 1 unspecified atom stereocenters. The second kappa shape index (κ2) is 8.11. The van der Waals surface area contributed by atoms with Crippen LogP contribution in [0.15, 0.2) is 18.2 Å². The lowest BCUT2D eigenvalue weighted by Gasteiger charge is -2.41. The molecule has 2 aliphatic rings. The topological polar surface area (TPSA) is 96.8 Å². The van der Waals surface area contributed by atoms with Gasteiger partial charge in [0, 0.05) is 44.5 Å². The van der Waals surface area contributed by atoms with Crippen LogP contribution in [0.3, 0.4) is 0 Å². The molecule has 1 aromatic heterocycles. The molecule has 9 nitrogen and oxygen atoms in total. The molecule has 0 radical (unpaired) electrons. The van der Waals surface area contributed by atoms with Crippen LogP contribution in [0.25, 0.3) is 10.9 Å². The molecule has 4 rings (SSSR count). The smallest absolute Gasteiger partial charge is 0.410 e. The summed E-state index contributed by atoms with van der Waals surface area (Å²) in [6.45, 7) is 9.52. The Hall–Kier alpha value is -3.10. The van der Waals surface area contributed by atoms with Gasteiger partial charge < -0.3 is 14.5 Å². The molecule has 0 bridgehead atoms. The average Bonchev–Trinajstić information content (AvgIpc) is 3.03. The number of amides is 3. The molecule has 2 fully saturated rings. The van der Waals surface area contributed by atoms with Crippen molar-refractivity contribution in [1.29, 1.82) is 0 Å². The second-order valence-electron chi connectivity index (χ2n) is 9.65. The SMILES string of the molecule is C[C@H]1CN(c2cccc3c(C4CCC(=O)NC4=O)nn(C)c23)CCN1C(=O)OC(C)(C)C. The normalized spacial score (nSPS) is 22.3. The Morgan fingerprint density at radius 3 is 2.62 bits per heavy atom. The van der Waals surface area contributed by atoms with E-state index in [1.54, 1.807) is 4.90 Å². The number of piperazine rings is 1. The number of aromatic nitrogens is 2. The van der Waals surface area contributed by atoms with Crippen molar-refractivity contribution >= 4 is 34.5 Å². The molecule has 0 saturated carbocycles. The van der Waals surface area contributed by atoms with Gasteiger partial charge in [-0.05, 0) is 40.2 Å². The van der Waals surface area contributed by atoms with Gasteiger partial charge >= 0.3 is 6.09 Å². The number of carbonyl (C=O) groups is 3. The van der Waals surface area contributed by atoms with Crippen molar-refractivity contribution in [2.75, 3.05) is 24.5 Å². The third-order valence-corrected chi connectivity index (χ3v) is 6.04. The standard InChI is InChI=1S/C23H31N5O4/c1-14-13-27(11-12-28(14)22(31)32-23(2,3)4)17-8-6-7-15-19(25-26(5)20(15)17)16-9-10-18(29)24-21(16)30/h6-8,14,16H,9-13H2,1-5H3,(H,24,29,30)/t14-,16?/m0/s1. The lowest BCUT2D eigenvalue weighted by Crippen LogP contribution is -2.55. The number of carbonyl (C=O) groups excluding carboxylic acids is 3. The molecule has 2 aromatic rings. The minimum atomic E-state index is -0.527. The van der Waals surface area contributed by atoms with Crippen LogP contribution in [0.4, 0.5) is 10.5 Å². The van der Waals surface area contributed by atoms with Gasteiger partial charge in [-0.2, -0.15) is 5.10 Å². The highest BCUT2D eigenvalue weighted by molar-refractivity contribution is 6.03. The van der Waals surface area contributed by atoms with E-state index in [-0.39, 0.29) is 23.9 Å². The second-order valence-corrected chi connectivity index (χ2v) is 9.65. The number of nitrogens with zero attached hydrogens (tertiary/aromatic N) is 4. The highest BCUT2D eigenvalue weighted by Gasteiger charge is 2.34. The van der Waals surface area contributed by atoms with Gasteiger partial charge in [0.1, 0.15) is 5.60 Å². The highest BCUT2D eigenvalue weighted by Crippen LogP contribution is 2.35. The van der Waals surface area contributed by atoms with Gasteiger partial charge in [-0.15, -0.1) is 0 Å². The van der Waals surface area contributed by atoms with Crippen LogP contribution < -0.4 is 10.2 Å². The third kappa shape index (κ3) is 4.16. The van der Waals surface area contributed by atoms with E-state index in [1.807, 2.05) is 57.6 Å².